The van der Waals surface area contributed by atoms with E-state index in [0.717, 1.165) is 96.3 Å². The Hall–Kier alpha value is -3.41. The normalized spacial score (nSPS) is 12.8. The summed E-state index contributed by atoms with van der Waals surface area (Å²) in [6.07, 6.45) is 62.8. The van der Waals surface area contributed by atoms with Crippen LogP contribution in [0, 0.1) is 0 Å². The van der Waals surface area contributed by atoms with Crippen molar-refractivity contribution >= 4 is 17.9 Å². The number of carbonyl (C=O) groups is 3. The van der Waals surface area contributed by atoms with Crippen molar-refractivity contribution < 1.29 is 28.6 Å². The van der Waals surface area contributed by atoms with Crippen LogP contribution in [0.3, 0.4) is 0 Å². The number of carbonyl (C=O) groups excluding carboxylic acids is 3. The first kappa shape index (κ1) is 57.6. The van der Waals surface area contributed by atoms with Gasteiger partial charge in [0.1, 0.15) is 13.2 Å². The second-order valence-corrected chi connectivity index (χ2v) is 16.4. The van der Waals surface area contributed by atoms with Crippen LogP contribution in [0.1, 0.15) is 226 Å². The highest BCUT2D eigenvalue weighted by Gasteiger charge is 2.19. The number of esters is 3. The number of hydrogen-bond acceptors (Lipinski definition) is 6. The van der Waals surface area contributed by atoms with E-state index in [1.807, 2.05) is 36.5 Å². The minimum atomic E-state index is -0.799. The van der Waals surface area contributed by atoms with Gasteiger partial charge in [0.15, 0.2) is 6.10 Å². The Morgan fingerprint density at radius 3 is 1.21 bits per heavy atom. The summed E-state index contributed by atoms with van der Waals surface area (Å²) < 4.78 is 16.7. The highest BCUT2D eigenvalue weighted by Crippen LogP contribution is 2.14. The molecular weight excluding hydrogens is 757 g/mol. The Morgan fingerprint density at radius 2 is 0.721 bits per heavy atom. The number of allylic oxidation sites excluding steroid dienone is 14. The van der Waals surface area contributed by atoms with Crippen LogP contribution >= 0.6 is 0 Å². The maximum atomic E-state index is 12.8. The third-order valence-electron chi connectivity index (χ3n) is 10.5. The molecule has 0 aromatic rings. The first-order chi connectivity index (χ1) is 30.0. The quantitative estimate of drug-likeness (QED) is 0.0200. The average Bonchev–Trinajstić information content (AvgIpc) is 3.26. The number of hydrogen-bond donors (Lipinski definition) is 0. The lowest BCUT2D eigenvalue weighted by Gasteiger charge is -2.18. The maximum Gasteiger partial charge on any atom is 0.306 e. The second-order valence-electron chi connectivity index (χ2n) is 16.4. The van der Waals surface area contributed by atoms with E-state index in [-0.39, 0.29) is 31.1 Å². The summed E-state index contributed by atoms with van der Waals surface area (Å²) in [7, 11) is 0. The van der Waals surface area contributed by atoms with Gasteiger partial charge in [-0.2, -0.15) is 0 Å². The number of ether oxygens (including phenoxy) is 3. The lowest BCUT2D eigenvalue weighted by molar-refractivity contribution is -0.167. The van der Waals surface area contributed by atoms with Gasteiger partial charge in [-0.1, -0.05) is 202 Å². The molecule has 0 amide bonds. The van der Waals surface area contributed by atoms with Crippen LogP contribution in [0.25, 0.3) is 0 Å². The lowest BCUT2D eigenvalue weighted by atomic mass is 10.1. The molecule has 0 saturated heterocycles. The van der Waals surface area contributed by atoms with E-state index >= 15 is 0 Å². The molecule has 0 aliphatic carbocycles. The van der Waals surface area contributed by atoms with Gasteiger partial charge < -0.3 is 14.2 Å². The Morgan fingerprint density at radius 1 is 0.361 bits per heavy atom. The van der Waals surface area contributed by atoms with E-state index in [2.05, 4.69) is 69.4 Å². The summed E-state index contributed by atoms with van der Waals surface area (Å²) in [4.78, 5) is 37.9. The Balaban J connectivity index is 4.46. The lowest BCUT2D eigenvalue weighted by Crippen LogP contribution is -2.30. The predicted octanol–water partition coefficient (Wildman–Crippen LogP) is 16.4. The fourth-order valence-electron chi connectivity index (χ4n) is 6.72. The molecule has 0 radical (unpaired) electrons. The van der Waals surface area contributed by atoms with Crippen molar-refractivity contribution in [1.29, 1.82) is 0 Å². The summed E-state index contributed by atoms with van der Waals surface area (Å²) in [5.41, 5.74) is 0. The molecule has 1 atom stereocenters. The molecular formula is C55H92O6. The summed E-state index contributed by atoms with van der Waals surface area (Å²) in [6, 6.07) is 0. The summed E-state index contributed by atoms with van der Waals surface area (Å²) in [6.45, 7) is 6.33. The molecule has 1 unspecified atom stereocenters. The zero-order chi connectivity index (χ0) is 44.4. The van der Waals surface area contributed by atoms with Crippen molar-refractivity contribution in [3.63, 3.8) is 0 Å². The molecule has 6 heteroatoms. The van der Waals surface area contributed by atoms with Crippen molar-refractivity contribution in [2.45, 2.75) is 232 Å². The molecule has 0 rings (SSSR count). The molecule has 0 heterocycles. The van der Waals surface area contributed by atoms with Gasteiger partial charge in [0.05, 0.1) is 0 Å². The number of unbranched alkanes of at least 4 members (excludes halogenated alkanes) is 22. The second kappa shape index (κ2) is 49.2. The van der Waals surface area contributed by atoms with E-state index < -0.39 is 6.10 Å². The Kier molecular flexibility index (Phi) is 46.5. The van der Waals surface area contributed by atoms with Crippen LogP contribution in [0.5, 0.6) is 0 Å². The molecule has 0 spiro atoms. The average molecular weight is 849 g/mol. The van der Waals surface area contributed by atoms with Gasteiger partial charge in [-0.05, 0) is 89.9 Å². The molecule has 0 bridgehead atoms. The van der Waals surface area contributed by atoms with Crippen LogP contribution < -0.4 is 0 Å². The van der Waals surface area contributed by atoms with Crippen LogP contribution in [-0.4, -0.2) is 37.2 Å². The van der Waals surface area contributed by atoms with Crippen molar-refractivity contribution in [3.8, 4) is 0 Å². The van der Waals surface area contributed by atoms with E-state index in [9.17, 15) is 14.4 Å². The molecule has 61 heavy (non-hydrogen) atoms. The Labute approximate surface area is 375 Å². The monoisotopic (exact) mass is 849 g/mol. The molecule has 0 aliphatic heterocycles. The Bertz CT molecular complexity index is 1200. The third kappa shape index (κ3) is 47.5. The van der Waals surface area contributed by atoms with Gasteiger partial charge in [-0.25, -0.2) is 0 Å². The van der Waals surface area contributed by atoms with Crippen LogP contribution in [0.15, 0.2) is 85.1 Å². The largest absolute Gasteiger partial charge is 0.462 e. The molecule has 0 aromatic heterocycles. The zero-order valence-electron chi connectivity index (χ0n) is 39.7. The molecule has 0 aromatic carbocycles. The maximum absolute atomic E-state index is 12.8. The zero-order valence-corrected chi connectivity index (χ0v) is 39.7. The smallest absolute Gasteiger partial charge is 0.306 e. The third-order valence-corrected chi connectivity index (χ3v) is 10.5. The standard InChI is InChI=1S/C55H92O6/c1-4-7-10-13-16-19-22-25-27-28-31-33-36-39-42-45-48-54(57)60-51-52(50-59-53(56)47-44-41-38-35-32-29-24-21-18-15-12-9-6-3)61-55(58)49-46-43-40-37-34-30-26-23-20-17-14-11-8-5-2/h8-9,11-12,15,17-18,20-21,24,27-29,32,52H,4-7,10,13-14,16,19,22-23,25-26,30-31,33-51H2,1-3H3/b11-8-,12-9-,18-15-,20-17-,24-21-,28-27-,32-29-. The fraction of sp³-hybridized carbons (Fsp3) is 0.691. The summed E-state index contributed by atoms with van der Waals surface area (Å²) in [5, 5.41) is 0. The van der Waals surface area contributed by atoms with E-state index in [1.54, 1.807) is 0 Å². The molecule has 6 nitrogen and oxygen atoms in total. The first-order valence-electron chi connectivity index (χ1n) is 25.1. The molecule has 0 fully saturated rings. The minimum absolute atomic E-state index is 0.0975. The topological polar surface area (TPSA) is 78.9 Å². The highest BCUT2D eigenvalue weighted by atomic mass is 16.6. The van der Waals surface area contributed by atoms with Gasteiger partial charge in [-0.3, -0.25) is 14.4 Å². The van der Waals surface area contributed by atoms with Crippen molar-refractivity contribution in [2.24, 2.45) is 0 Å². The van der Waals surface area contributed by atoms with E-state index in [4.69, 9.17) is 14.2 Å². The molecule has 0 aliphatic rings. The van der Waals surface area contributed by atoms with E-state index in [1.165, 1.54) is 89.9 Å². The fourth-order valence-corrected chi connectivity index (χ4v) is 6.72. The SMILES string of the molecule is CC\C=C/C=C\C=C/C=C\CCCCCC(=O)OCC(COC(=O)CCCCCCC/C=C\CCCCCCCCC)OC(=O)CCCCCCCCC/C=C\C/C=C\CC. The van der Waals surface area contributed by atoms with Gasteiger partial charge in [-0.15, -0.1) is 0 Å². The molecule has 0 saturated carbocycles. The summed E-state index contributed by atoms with van der Waals surface area (Å²) in [5.74, 6) is -0.956. The number of rotatable bonds is 44. The van der Waals surface area contributed by atoms with Crippen molar-refractivity contribution in [2.75, 3.05) is 13.2 Å². The first-order valence-corrected chi connectivity index (χ1v) is 25.1. The van der Waals surface area contributed by atoms with Gasteiger partial charge >= 0.3 is 17.9 Å². The molecule has 348 valence electrons. The van der Waals surface area contributed by atoms with Crippen LogP contribution in [0.2, 0.25) is 0 Å². The predicted molar refractivity (Wildman–Crippen MR) is 261 cm³/mol. The van der Waals surface area contributed by atoms with Gasteiger partial charge in [0, 0.05) is 19.3 Å². The van der Waals surface area contributed by atoms with Gasteiger partial charge in [0.2, 0.25) is 0 Å². The molecule has 0 N–H and O–H groups in total. The summed E-state index contributed by atoms with van der Waals surface area (Å²) >= 11 is 0. The van der Waals surface area contributed by atoms with Crippen molar-refractivity contribution in [1.82, 2.24) is 0 Å². The van der Waals surface area contributed by atoms with Crippen molar-refractivity contribution in [3.05, 3.63) is 85.1 Å². The van der Waals surface area contributed by atoms with Gasteiger partial charge in [0.25, 0.3) is 0 Å². The van der Waals surface area contributed by atoms with Crippen LogP contribution in [0.4, 0.5) is 0 Å². The van der Waals surface area contributed by atoms with E-state index in [0.29, 0.717) is 19.3 Å². The highest BCUT2D eigenvalue weighted by molar-refractivity contribution is 5.71. The minimum Gasteiger partial charge on any atom is -0.462 e. The van der Waals surface area contributed by atoms with Crippen LogP contribution in [-0.2, 0) is 28.6 Å².